The van der Waals surface area contributed by atoms with Crippen molar-refractivity contribution in [2.24, 2.45) is 4.99 Å². The van der Waals surface area contributed by atoms with Crippen LogP contribution in [0.4, 0.5) is 0 Å². The lowest BCUT2D eigenvalue weighted by Crippen LogP contribution is -2.44. The molecule has 0 unspecified atom stereocenters. The molecule has 9 heteroatoms. The molecule has 3 heterocycles. The van der Waals surface area contributed by atoms with E-state index in [4.69, 9.17) is 9.15 Å². The molecule has 1 fully saturated rings. The molecule has 3 rings (SSSR count). The van der Waals surface area contributed by atoms with Gasteiger partial charge in [0.05, 0.1) is 19.5 Å². The molecule has 136 valence electrons. The Morgan fingerprint density at radius 1 is 1.32 bits per heavy atom. The van der Waals surface area contributed by atoms with Gasteiger partial charge in [-0.1, -0.05) is 0 Å². The topological polar surface area (TPSA) is 104 Å². The van der Waals surface area contributed by atoms with Gasteiger partial charge in [-0.2, -0.15) is 5.10 Å². The van der Waals surface area contributed by atoms with Crippen LogP contribution in [-0.2, 0) is 11.2 Å². The third kappa shape index (κ3) is 5.30. The van der Waals surface area contributed by atoms with E-state index in [1.807, 2.05) is 12.1 Å². The number of H-pyrrole nitrogens is 1. The number of nitrogens with zero attached hydrogens (tertiary/aromatic N) is 4. The number of hydrogen-bond acceptors (Lipinski definition) is 6. The highest BCUT2D eigenvalue weighted by Crippen LogP contribution is 2.14. The number of aromatic nitrogens is 3. The Hall–Kier alpha value is -2.39. The highest BCUT2D eigenvalue weighted by atomic mass is 16.5. The summed E-state index contributed by atoms with van der Waals surface area (Å²) in [5.74, 6) is 2.84. The van der Waals surface area contributed by atoms with E-state index in [0.717, 1.165) is 57.6 Å². The summed E-state index contributed by atoms with van der Waals surface area (Å²) in [6, 6.07) is 3.66. The van der Waals surface area contributed by atoms with Crippen molar-refractivity contribution in [3.05, 3.63) is 24.2 Å². The molecular weight excluding hydrogens is 322 g/mol. The Morgan fingerprint density at radius 3 is 2.92 bits per heavy atom. The molecule has 0 bridgehead atoms. The average molecular weight is 347 g/mol. The second kappa shape index (κ2) is 9.19. The van der Waals surface area contributed by atoms with Crippen molar-refractivity contribution < 1.29 is 9.15 Å². The van der Waals surface area contributed by atoms with Gasteiger partial charge >= 0.3 is 0 Å². The minimum atomic E-state index is 0.577. The molecule has 25 heavy (non-hydrogen) atoms. The van der Waals surface area contributed by atoms with E-state index in [1.54, 1.807) is 13.3 Å². The Bertz CT molecular complexity index is 647. The molecule has 0 amide bonds. The van der Waals surface area contributed by atoms with Gasteiger partial charge in [0.1, 0.15) is 5.82 Å². The Kier molecular flexibility index (Phi) is 6.41. The molecule has 0 aromatic carbocycles. The largest absolute Gasteiger partial charge is 0.461 e. The molecule has 1 aliphatic rings. The highest BCUT2D eigenvalue weighted by Gasteiger charge is 2.10. The average Bonchev–Trinajstić information content (AvgIpc) is 3.33. The van der Waals surface area contributed by atoms with Gasteiger partial charge in [0.25, 0.3) is 0 Å². The van der Waals surface area contributed by atoms with Crippen LogP contribution in [0.5, 0.6) is 0 Å². The maximum Gasteiger partial charge on any atom is 0.216 e. The van der Waals surface area contributed by atoms with Gasteiger partial charge in [-0.25, -0.2) is 4.98 Å². The van der Waals surface area contributed by atoms with Crippen LogP contribution < -0.4 is 10.6 Å². The first-order valence-electron chi connectivity index (χ1n) is 8.55. The van der Waals surface area contributed by atoms with Gasteiger partial charge in [0.2, 0.25) is 5.82 Å². The first-order valence-corrected chi connectivity index (χ1v) is 8.55. The lowest BCUT2D eigenvalue weighted by molar-refractivity contribution is 0.0389. The molecule has 1 saturated heterocycles. The molecule has 0 saturated carbocycles. The normalized spacial score (nSPS) is 16.1. The van der Waals surface area contributed by atoms with Crippen molar-refractivity contribution in [1.29, 1.82) is 0 Å². The molecule has 1 aliphatic heterocycles. The molecule has 3 N–H and O–H groups in total. The number of rotatable bonds is 7. The van der Waals surface area contributed by atoms with Crippen molar-refractivity contribution in [2.75, 3.05) is 53.0 Å². The van der Waals surface area contributed by atoms with Gasteiger partial charge in [-0.3, -0.25) is 15.0 Å². The van der Waals surface area contributed by atoms with Crippen molar-refractivity contribution in [2.45, 2.75) is 6.42 Å². The Labute approximate surface area is 146 Å². The fourth-order valence-corrected chi connectivity index (χ4v) is 2.60. The zero-order valence-corrected chi connectivity index (χ0v) is 14.5. The minimum absolute atomic E-state index is 0.577. The van der Waals surface area contributed by atoms with Gasteiger partial charge in [0, 0.05) is 46.2 Å². The highest BCUT2D eigenvalue weighted by molar-refractivity contribution is 5.79. The molecule has 0 aliphatic carbocycles. The van der Waals surface area contributed by atoms with E-state index in [9.17, 15) is 0 Å². The Morgan fingerprint density at radius 2 is 2.16 bits per heavy atom. The second-order valence-corrected chi connectivity index (χ2v) is 5.71. The lowest BCUT2D eigenvalue weighted by atomic mass is 10.4. The number of nitrogens with one attached hydrogen (secondary N) is 3. The first-order chi connectivity index (χ1) is 12.3. The number of aromatic amines is 1. The van der Waals surface area contributed by atoms with E-state index in [-0.39, 0.29) is 0 Å². The third-order valence-corrected chi connectivity index (χ3v) is 3.98. The van der Waals surface area contributed by atoms with Crippen molar-refractivity contribution in [3.63, 3.8) is 0 Å². The van der Waals surface area contributed by atoms with Gasteiger partial charge in [-0.15, -0.1) is 0 Å². The Balaban J connectivity index is 1.35. The predicted molar refractivity (Wildman–Crippen MR) is 94.4 cm³/mol. The van der Waals surface area contributed by atoms with Crippen LogP contribution in [-0.4, -0.2) is 79.0 Å². The number of guanidine groups is 1. The SMILES string of the molecule is CN=C(NCCc1nc(-c2ccco2)n[nH]1)NCCN1CCOCC1. The summed E-state index contributed by atoms with van der Waals surface area (Å²) in [5.41, 5.74) is 0. The third-order valence-electron chi connectivity index (χ3n) is 3.98. The molecule has 2 aromatic heterocycles. The molecule has 0 spiro atoms. The summed E-state index contributed by atoms with van der Waals surface area (Å²) >= 11 is 0. The molecular formula is C16H25N7O2. The van der Waals surface area contributed by atoms with Crippen LogP contribution in [0.1, 0.15) is 5.82 Å². The number of hydrogen-bond donors (Lipinski definition) is 3. The van der Waals surface area contributed by atoms with Gasteiger partial charge < -0.3 is 19.8 Å². The summed E-state index contributed by atoms with van der Waals surface area (Å²) in [4.78, 5) is 11.0. The van der Waals surface area contributed by atoms with Crippen LogP contribution >= 0.6 is 0 Å². The number of furan rings is 1. The van der Waals surface area contributed by atoms with Crippen LogP contribution in [0.25, 0.3) is 11.6 Å². The van der Waals surface area contributed by atoms with Crippen LogP contribution in [0.15, 0.2) is 27.8 Å². The summed E-state index contributed by atoms with van der Waals surface area (Å²) in [5, 5.41) is 13.7. The molecule has 0 radical (unpaired) electrons. The maximum absolute atomic E-state index is 5.35. The van der Waals surface area contributed by atoms with E-state index >= 15 is 0 Å². The van der Waals surface area contributed by atoms with Gasteiger partial charge in [-0.05, 0) is 12.1 Å². The minimum Gasteiger partial charge on any atom is -0.461 e. The fraction of sp³-hybridized carbons (Fsp3) is 0.562. The van der Waals surface area contributed by atoms with Crippen LogP contribution in [0.3, 0.4) is 0 Å². The number of aliphatic imine (C=N–C) groups is 1. The zero-order valence-electron chi connectivity index (χ0n) is 14.5. The summed E-state index contributed by atoms with van der Waals surface area (Å²) < 4.78 is 10.6. The van der Waals surface area contributed by atoms with E-state index in [1.165, 1.54) is 0 Å². The van der Waals surface area contributed by atoms with Gasteiger partial charge in [0.15, 0.2) is 11.7 Å². The zero-order chi connectivity index (χ0) is 17.3. The van der Waals surface area contributed by atoms with Crippen molar-refractivity contribution in [1.82, 2.24) is 30.7 Å². The number of ether oxygens (including phenoxy) is 1. The van der Waals surface area contributed by atoms with Crippen molar-refractivity contribution in [3.8, 4) is 11.6 Å². The van der Waals surface area contributed by atoms with Crippen LogP contribution in [0, 0.1) is 0 Å². The van der Waals surface area contributed by atoms with E-state index in [2.05, 4.69) is 35.7 Å². The summed E-state index contributed by atoms with van der Waals surface area (Å²) in [6.45, 7) is 6.19. The lowest BCUT2D eigenvalue weighted by Gasteiger charge is -2.26. The predicted octanol–water partition coefficient (Wildman–Crippen LogP) is 0.104. The second-order valence-electron chi connectivity index (χ2n) is 5.71. The summed E-state index contributed by atoms with van der Waals surface area (Å²) in [6.07, 6.45) is 2.33. The fourth-order valence-electron chi connectivity index (χ4n) is 2.60. The standard InChI is InChI=1S/C16H25N7O2/c1-17-16(19-6-7-23-8-11-24-12-9-23)18-5-4-14-20-15(22-21-14)13-3-2-10-25-13/h2-3,10H,4-9,11-12H2,1H3,(H2,17,18,19)(H,20,21,22). The quantitative estimate of drug-likeness (QED) is 0.482. The van der Waals surface area contributed by atoms with E-state index in [0.29, 0.717) is 18.1 Å². The first kappa shape index (κ1) is 17.4. The molecule has 9 nitrogen and oxygen atoms in total. The summed E-state index contributed by atoms with van der Waals surface area (Å²) in [7, 11) is 1.77. The van der Waals surface area contributed by atoms with Crippen LogP contribution in [0.2, 0.25) is 0 Å². The van der Waals surface area contributed by atoms with E-state index < -0.39 is 0 Å². The number of morpholine rings is 1. The maximum atomic E-state index is 5.35. The monoisotopic (exact) mass is 347 g/mol. The molecule has 0 atom stereocenters. The van der Waals surface area contributed by atoms with Crippen molar-refractivity contribution >= 4 is 5.96 Å². The smallest absolute Gasteiger partial charge is 0.216 e. The molecule has 2 aromatic rings.